The van der Waals surface area contributed by atoms with Gasteiger partial charge >= 0.3 is 0 Å². The molecular formula is C21H21ClN4O4. The molecule has 2 amide bonds. The van der Waals surface area contributed by atoms with Crippen molar-refractivity contribution in [3.8, 4) is 5.75 Å². The molecule has 0 aliphatic rings. The molecule has 1 heterocycles. The lowest BCUT2D eigenvalue weighted by Gasteiger charge is -2.12. The zero-order chi connectivity index (χ0) is 21.7. The van der Waals surface area contributed by atoms with Crippen molar-refractivity contribution in [2.75, 3.05) is 6.61 Å². The van der Waals surface area contributed by atoms with E-state index < -0.39 is 11.8 Å². The largest absolute Gasteiger partial charge is 0.484 e. The smallest absolute Gasteiger partial charge is 0.290 e. The van der Waals surface area contributed by atoms with E-state index in [9.17, 15) is 14.4 Å². The van der Waals surface area contributed by atoms with Gasteiger partial charge in [0.05, 0.1) is 5.39 Å². The minimum atomic E-state index is -0.633. The van der Waals surface area contributed by atoms with Crippen molar-refractivity contribution in [2.24, 2.45) is 0 Å². The first-order valence-corrected chi connectivity index (χ1v) is 9.76. The Kier molecular flexibility index (Phi) is 6.68. The summed E-state index contributed by atoms with van der Waals surface area (Å²) in [5.74, 6) is -0.702. The predicted octanol–water partition coefficient (Wildman–Crippen LogP) is 2.61. The van der Waals surface area contributed by atoms with E-state index in [4.69, 9.17) is 16.3 Å². The van der Waals surface area contributed by atoms with Gasteiger partial charge in [0.2, 0.25) is 0 Å². The highest BCUT2D eigenvalue weighted by atomic mass is 35.5. The number of halogens is 1. The molecule has 2 aromatic carbocycles. The summed E-state index contributed by atoms with van der Waals surface area (Å²) in [7, 11) is 0. The zero-order valence-electron chi connectivity index (χ0n) is 16.6. The fourth-order valence-corrected chi connectivity index (χ4v) is 2.96. The first-order valence-electron chi connectivity index (χ1n) is 9.38. The molecule has 2 N–H and O–H groups in total. The van der Waals surface area contributed by atoms with Crippen molar-refractivity contribution in [3.63, 3.8) is 0 Å². The van der Waals surface area contributed by atoms with Gasteiger partial charge in [-0.2, -0.15) is 5.10 Å². The van der Waals surface area contributed by atoms with E-state index in [1.54, 1.807) is 42.5 Å². The number of carbonyl (C=O) groups excluding carboxylic acids is 2. The molecule has 0 unspecified atom stereocenters. The number of hydrazine groups is 1. The van der Waals surface area contributed by atoms with E-state index >= 15 is 0 Å². The van der Waals surface area contributed by atoms with Gasteiger partial charge in [0.25, 0.3) is 17.4 Å². The topological polar surface area (TPSA) is 102 Å². The molecule has 0 saturated heterocycles. The summed E-state index contributed by atoms with van der Waals surface area (Å²) >= 11 is 5.96. The first kappa shape index (κ1) is 21.3. The molecule has 30 heavy (non-hydrogen) atoms. The lowest BCUT2D eigenvalue weighted by Crippen LogP contribution is -2.44. The Morgan fingerprint density at radius 2 is 1.87 bits per heavy atom. The highest BCUT2D eigenvalue weighted by Crippen LogP contribution is 2.20. The van der Waals surface area contributed by atoms with Crippen LogP contribution in [0.4, 0.5) is 0 Å². The van der Waals surface area contributed by atoms with Crippen LogP contribution < -0.4 is 21.1 Å². The van der Waals surface area contributed by atoms with E-state index in [0.717, 1.165) is 5.56 Å². The molecule has 0 aliphatic heterocycles. The van der Waals surface area contributed by atoms with E-state index in [-0.39, 0.29) is 17.9 Å². The number of ether oxygens (including phenoxy) is 1. The van der Waals surface area contributed by atoms with Gasteiger partial charge in [0.1, 0.15) is 5.75 Å². The Bertz CT molecular complexity index is 1160. The number of nitrogens with one attached hydrogen (secondary N) is 2. The van der Waals surface area contributed by atoms with E-state index in [1.165, 1.54) is 4.68 Å². The highest BCUT2D eigenvalue weighted by Gasteiger charge is 2.17. The summed E-state index contributed by atoms with van der Waals surface area (Å²) in [6.45, 7) is 3.81. The van der Waals surface area contributed by atoms with Gasteiger partial charge in [0, 0.05) is 17.0 Å². The van der Waals surface area contributed by atoms with Crippen LogP contribution in [-0.4, -0.2) is 28.2 Å². The van der Waals surface area contributed by atoms with Crippen LogP contribution in [-0.2, 0) is 11.3 Å². The molecule has 0 bridgehead atoms. The van der Waals surface area contributed by atoms with Gasteiger partial charge in [0.15, 0.2) is 12.3 Å². The number of rotatable bonds is 6. The summed E-state index contributed by atoms with van der Waals surface area (Å²) in [5, 5.41) is 5.58. The number of benzene rings is 2. The average Bonchev–Trinajstić information content (AvgIpc) is 2.75. The van der Waals surface area contributed by atoms with Crippen molar-refractivity contribution in [2.45, 2.75) is 26.8 Å². The third-order valence-electron chi connectivity index (χ3n) is 4.33. The molecule has 3 rings (SSSR count). The van der Waals surface area contributed by atoms with Gasteiger partial charge in [-0.25, -0.2) is 4.68 Å². The van der Waals surface area contributed by atoms with Crippen LogP contribution in [0.1, 0.15) is 29.4 Å². The Labute approximate surface area is 177 Å². The van der Waals surface area contributed by atoms with Gasteiger partial charge in [-0.1, -0.05) is 36.7 Å². The molecule has 0 aliphatic carbocycles. The van der Waals surface area contributed by atoms with Crippen LogP contribution in [0.15, 0.2) is 47.3 Å². The summed E-state index contributed by atoms with van der Waals surface area (Å²) in [4.78, 5) is 37.2. The average molecular weight is 429 g/mol. The maximum absolute atomic E-state index is 12.6. The van der Waals surface area contributed by atoms with Crippen LogP contribution in [0.5, 0.6) is 5.75 Å². The molecule has 156 valence electrons. The normalized spacial score (nSPS) is 10.6. The van der Waals surface area contributed by atoms with Crippen molar-refractivity contribution < 1.29 is 14.3 Å². The molecule has 0 fully saturated rings. The molecule has 8 nitrogen and oxygen atoms in total. The van der Waals surface area contributed by atoms with E-state index in [2.05, 4.69) is 16.0 Å². The molecule has 1 aromatic heterocycles. The monoisotopic (exact) mass is 428 g/mol. The maximum atomic E-state index is 12.6. The molecule has 0 saturated carbocycles. The predicted molar refractivity (Wildman–Crippen MR) is 114 cm³/mol. The Morgan fingerprint density at radius 3 is 2.57 bits per heavy atom. The van der Waals surface area contributed by atoms with Gasteiger partial charge < -0.3 is 4.74 Å². The second kappa shape index (κ2) is 9.41. The second-order valence-electron chi connectivity index (χ2n) is 6.62. The number of hydrogen-bond donors (Lipinski definition) is 2. The lowest BCUT2D eigenvalue weighted by atomic mass is 10.1. The lowest BCUT2D eigenvalue weighted by molar-refractivity contribution is -0.123. The molecule has 0 radical (unpaired) electrons. The molecule has 0 spiro atoms. The number of aryl methyl sites for hydroxylation is 2. The Balaban J connectivity index is 1.69. The SMILES string of the molecule is CCCn1nc(C(=O)NNC(=O)COc2ccc(Cl)c(C)c2)c2ccccc2c1=O. The summed E-state index contributed by atoms with van der Waals surface area (Å²) in [6.07, 6.45) is 0.685. The maximum Gasteiger partial charge on any atom is 0.290 e. The minimum absolute atomic E-state index is 0.0493. The standard InChI is InChI=1S/C21H21ClN4O4/c1-3-10-26-21(29)16-7-5-4-6-15(16)19(25-26)20(28)24-23-18(27)12-30-14-8-9-17(22)13(2)11-14/h4-9,11H,3,10,12H2,1-2H3,(H,23,27)(H,24,28). The number of nitrogens with zero attached hydrogens (tertiary/aromatic N) is 2. The first-order chi connectivity index (χ1) is 14.4. The summed E-state index contributed by atoms with van der Waals surface area (Å²) < 4.78 is 6.65. The number of aromatic nitrogens is 2. The van der Waals surface area contributed by atoms with Crippen LogP contribution in [0, 0.1) is 6.92 Å². The highest BCUT2D eigenvalue weighted by molar-refractivity contribution is 6.31. The summed E-state index contributed by atoms with van der Waals surface area (Å²) in [6, 6.07) is 11.7. The van der Waals surface area contributed by atoms with Crippen molar-refractivity contribution in [1.82, 2.24) is 20.6 Å². The molecule has 3 aromatic rings. The Morgan fingerprint density at radius 1 is 1.13 bits per heavy atom. The number of amides is 2. The van der Waals surface area contributed by atoms with Crippen molar-refractivity contribution in [1.29, 1.82) is 0 Å². The van der Waals surface area contributed by atoms with Crippen LogP contribution in [0.3, 0.4) is 0 Å². The quantitative estimate of drug-likeness (QED) is 0.587. The Hall–Kier alpha value is -3.39. The molecular weight excluding hydrogens is 408 g/mol. The van der Waals surface area contributed by atoms with Crippen LogP contribution >= 0.6 is 11.6 Å². The number of hydrogen-bond acceptors (Lipinski definition) is 5. The third kappa shape index (κ3) is 4.77. The second-order valence-corrected chi connectivity index (χ2v) is 7.03. The number of fused-ring (bicyclic) bond motifs is 1. The fourth-order valence-electron chi connectivity index (χ4n) is 2.84. The molecule has 0 atom stereocenters. The zero-order valence-corrected chi connectivity index (χ0v) is 17.3. The van der Waals surface area contributed by atoms with Crippen LogP contribution in [0.2, 0.25) is 5.02 Å². The molecule has 9 heteroatoms. The van der Waals surface area contributed by atoms with Gasteiger partial charge in [-0.05, 0) is 43.2 Å². The van der Waals surface area contributed by atoms with E-state index in [1.807, 2.05) is 13.8 Å². The summed E-state index contributed by atoms with van der Waals surface area (Å²) in [5.41, 5.74) is 5.22. The third-order valence-corrected chi connectivity index (χ3v) is 4.76. The van der Waals surface area contributed by atoms with Crippen molar-refractivity contribution in [3.05, 3.63) is 69.1 Å². The van der Waals surface area contributed by atoms with Crippen LogP contribution in [0.25, 0.3) is 10.8 Å². The van der Waals surface area contributed by atoms with Gasteiger partial charge in [-0.3, -0.25) is 25.2 Å². The fraction of sp³-hybridized carbons (Fsp3) is 0.238. The van der Waals surface area contributed by atoms with E-state index in [0.29, 0.717) is 34.5 Å². The van der Waals surface area contributed by atoms with Crippen molar-refractivity contribution >= 4 is 34.2 Å². The number of carbonyl (C=O) groups is 2. The minimum Gasteiger partial charge on any atom is -0.484 e. The van der Waals surface area contributed by atoms with Gasteiger partial charge in [-0.15, -0.1) is 0 Å².